The second kappa shape index (κ2) is 7.47. The van der Waals surface area contributed by atoms with Gasteiger partial charge < -0.3 is 4.90 Å². The van der Waals surface area contributed by atoms with Gasteiger partial charge in [-0.1, -0.05) is 24.3 Å². The van der Waals surface area contributed by atoms with Crippen LogP contribution in [0.3, 0.4) is 0 Å². The molecule has 1 saturated heterocycles. The third kappa shape index (κ3) is 3.58. The van der Waals surface area contributed by atoms with E-state index in [9.17, 15) is 4.79 Å². The van der Waals surface area contributed by atoms with Crippen LogP contribution in [0.5, 0.6) is 0 Å². The molecule has 2 aromatic rings. The largest absolute Gasteiger partial charge is 0.365 e. The first-order chi connectivity index (χ1) is 14.2. The number of hydrogen-bond acceptors (Lipinski definition) is 4. The van der Waals surface area contributed by atoms with E-state index >= 15 is 0 Å². The number of para-hydroxylation sites is 1. The Hall–Kier alpha value is -2.79. The van der Waals surface area contributed by atoms with E-state index in [0.29, 0.717) is 10.1 Å². The Morgan fingerprint density at radius 3 is 2.47 bits per heavy atom. The Bertz CT molecular complexity index is 1110. The van der Waals surface area contributed by atoms with E-state index in [2.05, 4.69) is 62.8 Å². The quantitative estimate of drug-likeness (QED) is 0.574. The van der Waals surface area contributed by atoms with Crippen molar-refractivity contribution in [1.82, 2.24) is 4.90 Å². The van der Waals surface area contributed by atoms with Gasteiger partial charge in [0, 0.05) is 25.3 Å². The molecule has 4 nitrogen and oxygen atoms in total. The average molecular weight is 418 g/mol. The standard InChI is InChI=1S/C25H27N3OS/c1-16-12-21-20(17(2)15-25(3,4)28(21)6)13-18(16)14-22-23(29)27(5)24(30-22)26-19-10-8-7-9-11-19/h7-15H,1-6H3/b22-14-,26-24?. The fourth-order valence-corrected chi connectivity index (χ4v) is 4.86. The Morgan fingerprint density at radius 1 is 1.07 bits per heavy atom. The summed E-state index contributed by atoms with van der Waals surface area (Å²) in [5.74, 6) is -0.0164. The molecule has 4 rings (SSSR count). The van der Waals surface area contributed by atoms with Crippen LogP contribution >= 0.6 is 11.8 Å². The number of allylic oxidation sites excluding steroid dienone is 1. The summed E-state index contributed by atoms with van der Waals surface area (Å²) in [6.07, 6.45) is 4.30. The van der Waals surface area contributed by atoms with Gasteiger partial charge in [0.05, 0.1) is 16.1 Å². The predicted molar refractivity (Wildman–Crippen MR) is 129 cm³/mol. The van der Waals surface area contributed by atoms with Gasteiger partial charge in [0.15, 0.2) is 5.17 Å². The van der Waals surface area contributed by atoms with E-state index in [1.54, 1.807) is 11.9 Å². The lowest BCUT2D eigenvalue weighted by molar-refractivity contribution is -0.121. The van der Waals surface area contributed by atoms with Gasteiger partial charge in [-0.05, 0) is 86.5 Å². The first-order valence-corrected chi connectivity index (χ1v) is 10.9. The molecule has 1 fully saturated rings. The number of benzene rings is 2. The van der Waals surface area contributed by atoms with E-state index in [1.807, 2.05) is 36.4 Å². The molecule has 0 radical (unpaired) electrons. The molecule has 2 heterocycles. The Kier molecular flexibility index (Phi) is 5.10. The molecule has 0 aliphatic carbocycles. The van der Waals surface area contributed by atoms with Crippen LogP contribution in [-0.4, -0.2) is 35.6 Å². The van der Waals surface area contributed by atoms with Gasteiger partial charge in [0.2, 0.25) is 0 Å². The normalized spacial score (nSPS) is 20.7. The van der Waals surface area contributed by atoms with Gasteiger partial charge in [0.25, 0.3) is 5.91 Å². The Morgan fingerprint density at radius 2 is 1.77 bits per heavy atom. The lowest BCUT2D eigenvalue weighted by Crippen LogP contribution is -2.42. The van der Waals surface area contributed by atoms with Crippen molar-refractivity contribution in [1.29, 1.82) is 0 Å². The van der Waals surface area contributed by atoms with Gasteiger partial charge in [-0.3, -0.25) is 9.69 Å². The summed E-state index contributed by atoms with van der Waals surface area (Å²) >= 11 is 1.43. The number of nitrogens with zero attached hydrogens (tertiary/aromatic N) is 3. The fraction of sp³-hybridized carbons (Fsp3) is 0.280. The third-order valence-electron chi connectivity index (χ3n) is 5.88. The summed E-state index contributed by atoms with van der Waals surface area (Å²) in [6.45, 7) is 8.71. The number of carbonyl (C=O) groups excluding carboxylic acids is 1. The molecule has 0 N–H and O–H groups in total. The van der Waals surface area contributed by atoms with Crippen molar-refractivity contribution < 1.29 is 4.79 Å². The first kappa shape index (κ1) is 20.5. The van der Waals surface area contributed by atoms with Gasteiger partial charge in [-0.25, -0.2) is 4.99 Å². The van der Waals surface area contributed by atoms with Crippen LogP contribution in [0.2, 0.25) is 0 Å². The maximum atomic E-state index is 12.8. The number of aryl methyl sites for hydroxylation is 1. The van der Waals surface area contributed by atoms with Crippen molar-refractivity contribution in [2.24, 2.45) is 4.99 Å². The average Bonchev–Trinajstić information content (AvgIpc) is 2.96. The van der Waals surface area contributed by atoms with Crippen molar-refractivity contribution in [3.05, 3.63) is 70.1 Å². The molecule has 5 heteroatoms. The maximum absolute atomic E-state index is 12.8. The number of fused-ring (bicyclic) bond motifs is 1. The molecule has 2 aromatic carbocycles. The molecule has 0 atom stereocenters. The van der Waals surface area contributed by atoms with Crippen LogP contribution in [-0.2, 0) is 4.79 Å². The van der Waals surface area contributed by atoms with E-state index in [4.69, 9.17) is 0 Å². The van der Waals surface area contributed by atoms with E-state index in [1.165, 1.54) is 28.6 Å². The molecule has 30 heavy (non-hydrogen) atoms. The van der Waals surface area contributed by atoms with Crippen molar-refractivity contribution in [2.75, 3.05) is 19.0 Å². The van der Waals surface area contributed by atoms with Crippen molar-refractivity contribution in [3.8, 4) is 0 Å². The zero-order valence-electron chi connectivity index (χ0n) is 18.4. The summed E-state index contributed by atoms with van der Waals surface area (Å²) < 4.78 is 0. The lowest BCUT2D eigenvalue weighted by atomic mass is 9.87. The molecule has 0 bridgehead atoms. The smallest absolute Gasteiger partial charge is 0.266 e. The fourth-order valence-electron chi connectivity index (χ4n) is 3.88. The van der Waals surface area contributed by atoms with Gasteiger partial charge in [-0.15, -0.1) is 0 Å². The molecule has 2 aliphatic rings. The molecule has 2 aliphatic heterocycles. The minimum Gasteiger partial charge on any atom is -0.365 e. The topological polar surface area (TPSA) is 35.9 Å². The van der Waals surface area contributed by atoms with Crippen LogP contribution in [0.1, 0.15) is 37.5 Å². The second-order valence-corrected chi connectivity index (χ2v) is 9.48. The number of amidine groups is 1. The lowest BCUT2D eigenvalue weighted by Gasteiger charge is -2.41. The van der Waals surface area contributed by atoms with Gasteiger partial charge in [0.1, 0.15) is 0 Å². The number of anilines is 1. The molecule has 0 aromatic heterocycles. The van der Waals surface area contributed by atoms with Crippen LogP contribution in [0.4, 0.5) is 11.4 Å². The zero-order chi connectivity index (χ0) is 21.6. The SMILES string of the molecule is CC1=CC(C)(C)N(C)c2cc(C)c(/C=C3\SC(=Nc4ccccc4)N(C)C3=O)cc21. The summed E-state index contributed by atoms with van der Waals surface area (Å²) in [6, 6.07) is 14.2. The number of likely N-dealkylation sites (N-methyl/N-ethyl adjacent to an activating group) is 2. The van der Waals surface area contributed by atoms with Crippen LogP contribution < -0.4 is 4.90 Å². The molecule has 0 saturated carbocycles. The van der Waals surface area contributed by atoms with E-state index in [0.717, 1.165) is 16.8 Å². The Balaban J connectivity index is 1.72. The minimum absolute atomic E-state index is 0.0164. The molecular weight excluding hydrogens is 390 g/mol. The van der Waals surface area contributed by atoms with Crippen LogP contribution in [0, 0.1) is 6.92 Å². The monoisotopic (exact) mass is 417 g/mol. The molecule has 1 amide bonds. The van der Waals surface area contributed by atoms with Gasteiger partial charge in [-0.2, -0.15) is 0 Å². The first-order valence-electron chi connectivity index (χ1n) is 10.1. The summed E-state index contributed by atoms with van der Waals surface area (Å²) in [4.78, 5) is 22.1. The summed E-state index contributed by atoms with van der Waals surface area (Å²) in [5.41, 5.74) is 6.76. The number of hydrogen-bond donors (Lipinski definition) is 0. The summed E-state index contributed by atoms with van der Waals surface area (Å²) in [5, 5.41) is 0.700. The van der Waals surface area contributed by atoms with Crippen molar-refractivity contribution >= 4 is 45.9 Å². The number of thioether (sulfide) groups is 1. The molecule has 154 valence electrons. The van der Waals surface area contributed by atoms with E-state index in [-0.39, 0.29) is 11.4 Å². The number of rotatable bonds is 2. The van der Waals surface area contributed by atoms with Crippen LogP contribution in [0.25, 0.3) is 11.6 Å². The maximum Gasteiger partial charge on any atom is 0.266 e. The highest BCUT2D eigenvalue weighted by Crippen LogP contribution is 2.40. The number of carbonyl (C=O) groups is 1. The minimum atomic E-state index is -0.0215. The van der Waals surface area contributed by atoms with E-state index < -0.39 is 0 Å². The third-order valence-corrected chi connectivity index (χ3v) is 6.94. The number of aliphatic imine (C=N–C) groups is 1. The molecule has 0 unspecified atom stereocenters. The Labute approximate surface area is 183 Å². The van der Waals surface area contributed by atoms with Crippen molar-refractivity contribution in [2.45, 2.75) is 33.2 Å². The van der Waals surface area contributed by atoms with Crippen molar-refractivity contribution in [3.63, 3.8) is 0 Å². The molecule has 0 spiro atoms. The number of amides is 1. The molecular formula is C25H27N3OS. The zero-order valence-corrected chi connectivity index (χ0v) is 19.2. The highest BCUT2D eigenvalue weighted by atomic mass is 32.2. The van der Waals surface area contributed by atoms with Crippen LogP contribution in [0.15, 0.2) is 58.4 Å². The highest BCUT2D eigenvalue weighted by molar-refractivity contribution is 8.18. The predicted octanol–water partition coefficient (Wildman–Crippen LogP) is 5.86. The second-order valence-electron chi connectivity index (χ2n) is 8.47. The van der Waals surface area contributed by atoms with Gasteiger partial charge >= 0.3 is 0 Å². The summed E-state index contributed by atoms with van der Waals surface area (Å²) in [7, 11) is 3.92. The highest BCUT2D eigenvalue weighted by Gasteiger charge is 2.32.